The molecule has 0 amide bonds. The van der Waals surface area contributed by atoms with Crippen LogP contribution in [0.5, 0.6) is 23.0 Å². The van der Waals surface area contributed by atoms with Gasteiger partial charge in [0, 0.05) is 5.56 Å². The van der Waals surface area contributed by atoms with Crippen LogP contribution in [0.3, 0.4) is 0 Å². The molecule has 0 heterocycles. The topological polar surface area (TPSA) is 36.9 Å². The van der Waals surface area contributed by atoms with Crippen LogP contribution in [0.1, 0.15) is 16.7 Å². The van der Waals surface area contributed by atoms with Crippen molar-refractivity contribution in [3.05, 3.63) is 81.3 Å². The third-order valence-corrected chi connectivity index (χ3v) is 5.03. The van der Waals surface area contributed by atoms with E-state index in [4.69, 9.17) is 48.6 Å². The van der Waals surface area contributed by atoms with Crippen LogP contribution >= 0.6 is 23.2 Å². The zero-order valence-electron chi connectivity index (χ0n) is 16.6. The third-order valence-electron chi connectivity index (χ3n) is 4.37. The van der Waals surface area contributed by atoms with Gasteiger partial charge in [0.15, 0.2) is 11.5 Å². The van der Waals surface area contributed by atoms with E-state index in [1.54, 1.807) is 20.3 Å². The highest BCUT2D eigenvalue weighted by Crippen LogP contribution is 2.44. The first-order valence-corrected chi connectivity index (χ1v) is 9.81. The van der Waals surface area contributed by atoms with Crippen molar-refractivity contribution in [1.82, 2.24) is 0 Å². The molecule has 3 rings (SSSR count). The van der Waals surface area contributed by atoms with E-state index in [1.165, 1.54) is 0 Å². The molecule has 3 aromatic carbocycles. The van der Waals surface area contributed by atoms with Gasteiger partial charge in [0.25, 0.3) is 0 Å². The van der Waals surface area contributed by atoms with Gasteiger partial charge in [-0.3, -0.25) is 0 Å². The predicted octanol–water partition coefficient (Wildman–Crippen LogP) is 6.15. The van der Waals surface area contributed by atoms with Crippen LogP contribution in [0.2, 0.25) is 10.0 Å². The van der Waals surface area contributed by atoms with Gasteiger partial charge in [-0.2, -0.15) is 0 Å². The number of methoxy groups -OCH3 is 2. The van der Waals surface area contributed by atoms with Gasteiger partial charge in [-0.15, -0.1) is 6.42 Å². The summed E-state index contributed by atoms with van der Waals surface area (Å²) in [5.41, 5.74) is 2.29. The Bertz CT molecular complexity index is 1040. The molecule has 0 unspecified atom stereocenters. The first kappa shape index (κ1) is 21.7. The molecule has 3 aromatic rings. The summed E-state index contributed by atoms with van der Waals surface area (Å²) in [7, 11) is 3.23. The SMILES string of the molecule is C#Cc1cc(Cl)c(OCc2ccc(OC)cc2)c(OCc2ccc(OC)cc2)c1Cl. The van der Waals surface area contributed by atoms with E-state index in [0.29, 0.717) is 22.1 Å². The fourth-order valence-corrected chi connectivity index (χ4v) is 3.21. The molecule has 0 aliphatic heterocycles. The van der Waals surface area contributed by atoms with Crippen LogP contribution in [0, 0.1) is 12.3 Å². The van der Waals surface area contributed by atoms with Crippen LogP contribution in [-0.2, 0) is 13.2 Å². The van der Waals surface area contributed by atoms with Gasteiger partial charge in [0.2, 0.25) is 0 Å². The van der Waals surface area contributed by atoms with Crippen LogP contribution in [0.15, 0.2) is 54.6 Å². The summed E-state index contributed by atoms with van der Waals surface area (Å²) in [4.78, 5) is 0. The second-order valence-corrected chi connectivity index (χ2v) is 7.08. The lowest BCUT2D eigenvalue weighted by Gasteiger charge is -2.17. The minimum absolute atomic E-state index is 0.257. The molecular weight excluding hydrogens is 423 g/mol. The van der Waals surface area contributed by atoms with E-state index in [2.05, 4.69) is 5.92 Å². The zero-order chi connectivity index (χ0) is 21.5. The number of rotatable bonds is 8. The third kappa shape index (κ3) is 5.13. The zero-order valence-corrected chi connectivity index (χ0v) is 18.1. The Morgan fingerprint density at radius 3 is 1.67 bits per heavy atom. The number of halogens is 2. The number of benzene rings is 3. The molecule has 0 aromatic heterocycles. The van der Waals surface area contributed by atoms with Crippen LogP contribution < -0.4 is 18.9 Å². The summed E-state index contributed by atoms with van der Waals surface area (Å²) in [6.07, 6.45) is 5.55. The lowest BCUT2D eigenvalue weighted by atomic mass is 10.2. The van der Waals surface area contributed by atoms with Crippen molar-refractivity contribution in [3.8, 4) is 35.3 Å². The van der Waals surface area contributed by atoms with Crippen molar-refractivity contribution in [1.29, 1.82) is 0 Å². The van der Waals surface area contributed by atoms with Gasteiger partial charge in [0.05, 0.1) is 19.2 Å². The highest BCUT2D eigenvalue weighted by atomic mass is 35.5. The van der Waals surface area contributed by atoms with Crippen molar-refractivity contribution in [3.63, 3.8) is 0 Å². The summed E-state index contributed by atoms with van der Waals surface area (Å²) in [5.74, 6) is 4.69. The maximum absolute atomic E-state index is 6.48. The minimum atomic E-state index is 0.257. The molecule has 4 nitrogen and oxygen atoms in total. The molecule has 0 aliphatic carbocycles. The van der Waals surface area contributed by atoms with E-state index in [9.17, 15) is 0 Å². The predicted molar refractivity (Wildman–Crippen MR) is 119 cm³/mol. The lowest BCUT2D eigenvalue weighted by molar-refractivity contribution is 0.256. The summed E-state index contributed by atoms with van der Waals surface area (Å²) >= 11 is 12.9. The lowest BCUT2D eigenvalue weighted by Crippen LogP contribution is -2.03. The van der Waals surface area contributed by atoms with Crippen LogP contribution in [0.4, 0.5) is 0 Å². The number of hydrogen-bond donors (Lipinski definition) is 0. The Kier molecular flexibility index (Phi) is 7.35. The Morgan fingerprint density at radius 1 is 0.767 bits per heavy atom. The summed E-state index contributed by atoms with van der Waals surface area (Å²) in [6, 6.07) is 16.6. The van der Waals surface area contributed by atoms with Gasteiger partial charge >= 0.3 is 0 Å². The molecule has 0 N–H and O–H groups in total. The molecule has 30 heavy (non-hydrogen) atoms. The van der Waals surface area contributed by atoms with E-state index < -0.39 is 0 Å². The Morgan fingerprint density at radius 2 is 1.23 bits per heavy atom. The first-order valence-electron chi connectivity index (χ1n) is 9.05. The number of terminal acetylenes is 1. The summed E-state index contributed by atoms with van der Waals surface area (Å²) < 4.78 is 22.3. The second-order valence-electron chi connectivity index (χ2n) is 6.30. The fraction of sp³-hybridized carbons (Fsp3) is 0.167. The Hall–Kier alpha value is -3.00. The number of hydrogen-bond acceptors (Lipinski definition) is 4. The standard InChI is InChI=1S/C24H20Cl2O4/c1-4-18-13-21(25)23(29-14-16-5-9-19(27-2)10-6-16)24(22(18)26)30-15-17-7-11-20(28-3)12-8-17/h1,5-13H,14-15H2,2-3H3. The van der Waals surface area contributed by atoms with Crippen LogP contribution in [-0.4, -0.2) is 14.2 Å². The van der Waals surface area contributed by atoms with Gasteiger partial charge in [0.1, 0.15) is 29.7 Å². The van der Waals surface area contributed by atoms with E-state index in [0.717, 1.165) is 22.6 Å². The van der Waals surface area contributed by atoms with Gasteiger partial charge in [-0.25, -0.2) is 0 Å². The average Bonchev–Trinajstić information content (AvgIpc) is 2.79. The van der Waals surface area contributed by atoms with E-state index in [1.807, 2.05) is 48.5 Å². The summed E-state index contributed by atoms with van der Waals surface area (Å²) in [5, 5.41) is 0.603. The quantitative estimate of drug-likeness (QED) is 0.392. The number of ether oxygens (including phenoxy) is 4. The molecule has 154 valence electrons. The average molecular weight is 443 g/mol. The van der Waals surface area contributed by atoms with Crippen LogP contribution in [0.25, 0.3) is 0 Å². The molecule has 0 saturated carbocycles. The maximum atomic E-state index is 6.48. The van der Waals surface area contributed by atoms with Gasteiger partial charge < -0.3 is 18.9 Å². The molecule has 0 aliphatic rings. The molecule has 0 saturated heterocycles. The highest BCUT2D eigenvalue weighted by Gasteiger charge is 2.19. The smallest absolute Gasteiger partial charge is 0.183 e. The molecule has 0 radical (unpaired) electrons. The monoisotopic (exact) mass is 442 g/mol. The minimum Gasteiger partial charge on any atom is -0.497 e. The Balaban J connectivity index is 1.83. The first-order chi connectivity index (χ1) is 14.5. The molecule has 0 bridgehead atoms. The highest BCUT2D eigenvalue weighted by molar-refractivity contribution is 6.36. The van der Waals surface area contributed by atoms with Crippen molar-refractivity contribution in [2.75, 3.05) is 14.2 Å². The molecule has 6 heteroatoms. The second kappa shape index (κ2) is 10.2. The van der Waals surface area contributed by atoms with Gasteiger partial charge in [-0.1, -0.05) is 53.4 Å². The van der Waals surface area contributed by atoms with E-state index >= 15 is 0 Å². The maximum Gasteiger partial charge on any atom is 0.183 e. The summed E-state index contributed by atoms with van der Waals surface area (Å²) in [6.45, 7) is 0.529. The molecule has 0 spiro atoms. The molecule has 0 fully saturated rings. The van der Waals surface area contributed by atoms with Crippen molar-refractivity contribution in [2.45, 2.75) is 13.2 Å². The normalized spacial score (nSPS) is 10.2. The largest absolute Gasteiger partial charge is 0.497 e. The Labute approximate surface area is 186 Å². The van der Waals surface area contributed by atoms with Crippen molar-refractivity contribution < 1.29 is 18.9 Å². The molecular formula is C24H20Cl2O4. The van der Waals surface area contributed by atoms with E-state index in [-0.39, 0.29) is 18.2 Å². The molecule has 0 atom stereocenters. The fourth-order valence-electron chi connectivity index (χ4n) is 2.71. The van der Waals surface area contributed by atoms with Crippen molar-refractivity contribution >= 4 is 23.2 Å². The van der Waals surface area contributed by atoms with Crippen molar-refractivity contribution in [2.24, 2.45) is 0 Å². The van der Waals surface area contributed by atoms with Gasteiger partial charge in [-0.05, 0) is 41.5 Å².